The normalized spacial score (nSPS) is 15.9. The van der Waals surface area contributed by atoms with Gasteiger partial charge in [-0.25, -0.2) is 4.79 Å². The topological polar surface area (TPSA) is 52.6 Å². The second kappa shape index (κ2) is 5.65. The summed E-state index contributed by atoms with van der Waals surface area (Å²) >= 11 is 0. The van der Waals surface area contributed by atoms with Crippen molar-refractivity contribution in [3.05, 3.63) is 12.3 Å². The zero-order valence-corrected chi connectivity index (χ0v) is 8.57. The van der Waals surface area contributed by atoms with Crippen LogP contribution >= 0.6 is 0 Å². The number of nitrogens with zero attached hydrogens (tertiary/aromatic N) is 1. The van der Waals surface area contributed by atoms with Gasteiger partial charge >= 0.3 is 6.03 Å². The average molecular weight is 198 g/mol. The van der Waals surface area contributed by atoms with Gasteiger partial charge in [0.05, 0.1) is 6.61 Å². The average Bonchev–Trinajstić information content (AvgIpc) is 2.97. The van der Waals surface area contributed by atoms with Crippen molar-refractivity contribution in [2.75, 3.05) is 19.7 Å². The van der Waals surface area contributed by atoms with Crippen LogP contribution in [0, 0.1) is 5.92 Å². The lowest BCUT2D eigenvalue weighted by atomic mass is 10.4. The van der Waals surface area contributed by atoms with Gasteiger partial charge in [0.1, 0.15) is 0 Å². The number of urea groups is 1. The van der Waals surface area contributed by atoms with Crippen LogP contribution in [0.1, 0.15) is 19.8 Å². The van der Waals surface area contributed by atoms with Gasteiger partial charge in [-0.15, -0.1) is 0 Å². The van der Waals surface area contributed by atoms with Crippen LogP contribution in [0.25, 0.3) is 0 Å². The van der Waals surface area contributed by atoms with Gasteiger partial charge in [-0.3, -0.25) is 0 Å². The Balaban J connectivity index is 2.22. The van der Waals surface area contributed by atoms with Gasteiger partial charge in [0.15, 0.2) is 0 Å². The SMILES string of the molecule is CCN(CCO)C(=O)N/C=C/C1CC1. The third-order valence-corrected chi connectivity index (χ3v) is 2.24. The minimum absolute atomic E-state index is 0.00754. The molecule has 4 nitrogen and oxygen atoms in total. The highest BCUT2D eigenvalue weighted by Crippen LogP contribution is 2.29. The molecule has 4 heteroatoms. The van der Waals surface area contributed by atoms with E-state index in [-0.39, 0.29) is 12.6 Å². The second-order valence-electron chi connectivity index (χ2n) is 3.45. The van der Waals surface area contributed by atoms with E-state index in [4.69, 9.17) is 5.11 Å². The monoisotopic (exact) mass is 198 g/mol. The molecule has 80 valence electrons. The number of aliphatic hydroxyl groups is 1. The summed E-state index contributed by atoms with van der Waals surface area (Å²) < 4.78 is 0. The van der Waals surface area contributed by atoms with Gasteiger partial charge in [-0.05, 0) is 25.7 Å². The van der Waals surface area contributed by atoms with E-state index in [9.17, 15) is 4.79 Å². The first-order valence-electron chi connectivity index (χ1n) is 5.11. The van der Waals surface area contributed by atoms with Crippen LogP contribution in [-0.2, 0) is 0 Å². The molecule has 0 aliphatic heterocycles. The summed E-state index contributed by atoms with van der Waals surface area (Å²) in [6, 6.07) is -0.140. The first-order chi connectivity index (χ1) is 6.77. The number of likely N-dealkylation sites (N-methyl/N-ethyl adjacent to an activating group) is 1. The van der Waals surface area contributed by atoms with Crippen molar-refractivity contribution in [3.8, 4) is 0 Å². The Hall–Kier alpha value is -1.03. The van der Waals surface area contributed by atoms with Crippen molar-refractivity contribution in [1.82, 2.24) is 10.2 Å². The zero-order chi connectivity index (χ0) is 10.4. The van der Waals surface area contributed by atoms with Gasteiger partial charge in [0, 0.05) is 19.3 Å². The number of aliphatic hydroxyl groups excluding tert-OH is 1. The minimum Gasteiger partial charge on any atom is -0.395 e. The highest BCUT2D eigenvalue weighted by molar-refractivity contribution is 5.75. The molecule has 1 rings (SSSR count). The van der Waals surface area contributed by atoms with E-state index in [1.165, 1.54) is 12.8 Å². The molecule has 0 aromatic heterocycles. The highest BCUT2D eigenvalue weighted by atomic mass is 16.3. The number of amides is 2. The number of hydrogen-bond acceptors (Lipinski definition) is 2. The molecule has 1 fully saturated rings. The van der Waals surface area contributed by atoms with Gasteiger partial charge in [-0.2, -0.15) is 0 Å². The Labute approximate surface area is 84.6 Å². The summed E-state index contributed by atoms with van der Waals surface area (Å²) in [4.78, 5) is 13.0. The zero-order valence-electron chi connectivity index (χ0n) is 8.57. The Bertz CT molecular complexity index is 212. The first-order valence-corrected chi connectivity index (χ1v) is 5.11. The van der Waals surface area contributed by atoms with E-state index in [0.717, 1.165) is 0 Å². The fraction of sp³-hybridized carbons (Fsp3) is 0.700. The van der Waals surface area contributed by atoms with Crippen LogP contribution in [0.4, 0.5) is 4.79 Å². The van der Waals surface area contributed by atoms with Crippen LogP contribution in [0.15, 0.2) is 12.3 Å². The number of nitrogens with one attached hydrogen (secondary N) is 1. The molecule has 0 atom stereocenters. The summed E-state index contributed by atoms with van der Waals surface area (Å²) in [6.45, 7) is 2.90. The fourth-order valence-corrected chi connectivity index (χ4v) is 1.16. The third-order valence-electron chi connectivity index (χ3n) is 2.24. The molecule has 0 spiro atoms. The Morgan fingerprint density at radius 3 is 2.86 bits per heavy atom. The van der Waals surface area contributed by atoms with Crippen molar-refractivity contribution in [2.24, 2.45) is 5.92 Å². The number of rotatable bonds is 5. The van der Waals surface area contributed by atoms with Gasteiger partial charge in [0.25, 0.3) is 0 Å². The van der Waals surface area contributed by atoms with E-state index in [2.05, 4.69) is 5.32 Å². The molecule has 1 aliphatic rings. The van der Waals surface area contributed by atoms with Crippen LogP contribution in [-0.4, -0.2) is 35.7 Å². The maximum atomic E-state index is 11.4. The second-order valence-corrected chi connectivity index (χ2v) is 3.45. The maximum absolute atomic E-state index is 11.4. The molecule has 14 heavy (non-hydrogen) atoms. The molecule has 1 saturated carbocycles. The Morgan fingerprint density at radius 2 is 2.36 bits per heavy atom. The molecule has 0 bridgehead atoms. The standard InChI is InChI=1S/C10H18N2O2/c1-2-12(7-8-13)10(14)11-6-5-9-3-4-9/h5-6,9,13H,2-4,7-8H2,1H3,(H,11,14)/b6-5+. The maximum Gasteiger partial charge on any atom is 0.321 e. The summed E-state index contributed by atoms with van der Waals surface area (Å²) in [5.74, 6) is 0.670. The van der Waals surface area contributed by atoms with E-state index in [0.29, 0.717) is 19.0 Å². The van der Waals surface area contributed by atoms with Crippen molar-refractivity contribution >= 4 is 6.03 Å². The van der Waals surface area contributed by atoms with Crippen LogP contribution in [0.2, 0.25) is 0 Å². The quantitative estimate of drug-likeness (QED) is 0.690. The van der Waals surface area contributed by atoms with Gasteiger partial charge in [0.2, 0.25) is 0 Å². The van der Waals surface area contributed by atoms with Crippen molar-refractivity contribution in [3.63, 3.8) is 0 Å². The predicted molar refractivity (Wildman–Crippen MR) is 54.7 cm³/mol. The van der Waals surface area contributed by atoms with Crippen LogP contribution < -0.4 is 5.32 Å². The molecule has 2 N–H and O–H groups in total. The smallest absolute Gasteiger partial charge is 0.321 e. The Morgan fingerprint density at radius 1 is 1.64 bits per heavy atom. The molecule has 2 amide bonds. The van der Waals surface area contributed by atoms with E-state index in [1.807, 2.05) is 13.0 Å². The van der Waals surface area contributed by atoms with Gasteiger partial charge in [-0.1, -0.05) is 6.08 Å². The summed E-state index contributed by atoms with van der Waals surface area (Å²) in [6.07, 6.45) is 6.20. The third kappa shape index (κ3) is 3.79. The van der Waals surface area contributed by atoms with E-state index in [1.54, 1.807) is 11.1 Å². The summed E-state index contributed by atoms with van der Waals surface area (Å²) in [5, 5.41) is 11.4. The molecule has 0 heterocycles. The molecular weight excluding hydrogens is 180 g/mol. The lowest BCUT2D eigenvalue weighted by Gasteiger charge is -2.18. The number of hydrogen-bond donors (Lipinski definition) is 2. The predicted octanol–water partition coefficient (Wildman–Crippen LogP) is 0.934. The fourth-order valence-electron chi connectivity index (χ4n) is 1.16. The first kappa shape index (κ1) is 11.0. The lowest BCUT2D eigenvalue weighted by Crippen LogP contribution is -2.39. The summed E-state index contributed by atoms with van der Waals surface area (Å²) in [5.41, 5.74) is 0. The minimum atomic E-state index is -0.140. The molecule has 0 aromatic carbocycles. The lowest BCUT2D eigenvalue weighted by molar-refractivity contribution is 0.183. The summed E-state index contributed by atoms with van der Waals surface area (Å²) in [7, 11) is 0. The molecule has 0 radical (unpaired) electrons. The van der Waals surface area contributed by atoms with E-state index >= 15 is 0 Å². The van der Waals surface area contributed by atoms with Crippen molar-refractivity contribution in [1.29, 1.82) is 0 Å². The molecular formula is C10H18N2O2. The number of carbonyl (C=O) groups is 1. The van der Waals surface area contributed by atoms with E-state index < -0.39 is 0 Å². The van der Waals surface area contributed by atoms with Crippen LogP contribution in [0.3, 0.4) is 0 Å². The molecule has 0 saturated heterocycles. The number of allylic oxidation sites excluding steroid dienone is 1. The Kier molecular flexibility index (Phi) is 4.46. The molecule has 0 aromatic rings. The number of carbonyl (C=O) groups excluding carboxylic acids is 1. The largest absolute Gasteiger partial charge is 0.395 e. The van der Waals surface area contributed by atoms with Gasteiger partial charge < -0.3 is 15.3 Å². The highest BCUT2D eigenvalue weighted by Gasteiger charge is 2.17. The molecule has 1 aliphatic carbocycles. The van der Waals surface area contributed by atoms with Crippen LogP contribution in [0.5, 0.6) is 0 Å². The van der Waals surface area contributed by atoms with Crippen molar-refractivity contribution < 1.29 is 9.90 Å². The molecule has 0 unspecified atom stereocenters. The van der Waals surface area contributed by atoms with Crippen molar-refractivity contribution in [2.45, 2.75) is 19.8 Å².